The van der Waals surface area contributed by atoms with Gasteiger partial charge in [-0.25, -0.2) is 8.78 Å². The molecule has 0 aliphatic heterocycles. The van der Waals surface area contributed by atoms with Gasteiger partial charge in [-0.15, -0.1) is 0 Å². The molecule has 4 aromatic rings. The molecule has 184 valence electrons. The summed E-state index contributed by atoms with van der Waals surface area (Å²) in [5, 5.41) is 15.9. The number of aromatic carboxylic acids is 1. The Morgan fingerprint density at radius 1 is 0.946 bits per heavy atom. The second kappa shape index (κ2) is 13.7. The molecule has 0 saturated heterocycles. The smallest absolute Gasteiger partial charge is 0.545 e. The molecule has 1 heterocycles. The van der Waals surface area contributed by atoms with Crippen LogP contribution in [0.25, 0.3) is 0 Å². The van der Waals surface area contributed by atoms with Crippen molar-refractivity contribution >= 4 is 11.7 Å². The Morgan fingerprint density at radius 2 is 1.68 bits per heavy atom. The Morgan fingerprint density at radius 3 is 2.38 bits per heavy atom. The van der Waals surface area contributed by atoms with Crippen LogP contribution in [0.3, 0.4) is 0 Å². The maximum absolute atomic E-state index is 13.3. The monoisotopic (exact) mass is 512 g/mol. The van der Waals surface area contributed by atoms with Gasteiger partial charge in [0.25, 0.3) is 0 Å². The summed E-state index contributed by atoms with van der Waals surface area (Å²) in [6.07, 6.45) is 3.40. The standard InChI is InChI=1S/C28H24F2N2O4.Na/c29-13-14-35-31-27(21-5-4-8-25(16-21)36-24-6-2-1-3-7-24)19-32-17-22(26(18-32)28(33)34)15-20-9-11-23(30)12-10-20;/h1-12,16-18H,13-15,19H2,(H,33,34);/q;+1/p-1/b31-27+;. The van der Waals surface area contributed by atoms with E-state index >= 15 is 0 Å². The fraction of sp³-hybridized carbons (Fsp3) is 0.143. The first-order valence-corrected chi connectivity index (χ1v) is 11.2. The molecule has 0 fully saturated rings. The minimum atomic E-state index is -1.32. The quantitative estimate of drug-likeness (QED) is 0.133. The molecule has 3 aromatic carbocycles. The average Bonchev–Trinajstić information content (AvgIpc) is 3.28. The number of aromatic nitrogens is 1. The minimum Gasteiger partial charge on any atom is -0.545 e. The zero-order valence-corrected chi connectivity index (χ0v) is 22.3. The van der Waals surface area contributed by atoms with E-state index in [0.717, 1.165) is 5.56 Å². The molecule has 0 unspecified atom stereocenters. The van der Waals surface area contributed by atoms with Gasteiger partial charge in [0.05, 0.1) is 12.5 Å². The maximum Gasteiger partial charge on any atom is 1.00 e. The number of rotatable bonds is 11. The van der Waals surface area contributed by atoms with Crippen LogP contribution in [-0.2, 0) is 17.8 Å². The number of alkyl halides is 1. The summed E-state index contributed by atoms with van der Waals surface area (Å²) in [7, 11) is 0. The van der Waals surface area contributed by atoms with E-state index in [-0.39, 0.29) is 60.5 Å². The molecule has 0 saturated carbocycles. The van der Waals surface area contributed by atoms with Crippen LogP contribution in [0, 0.1) is 5.82 Å². The van der Waals surface area contributed by atoms with E-state index in [1.54, 1.807) is 47.2 Å². The van der Waals surface area contributed by atoms with E-state index in [2.05, 4.69) is 5.16 Å². The van der Waals surface area contributed by atoms with Gasteiger partial charge in [0.2, 0.25) is 0 Å². The molecule has 37 heavy (non-hydrogen) atoms. The first kappa shape index (κ1) is 28.1. The molecule has 0 amide bonds. The summed E-state index contributed by atoms with van der Waals surface area (Å²) in [4.78, 5) is 16.9. The Bertz CT molecular complexity index is 1340. The summed E-state index contributed by atoms with van der Waals surface area (Å²) < 4.78 is 33.4. The zero-order valence-electron chi connectivity index (χ0n) is 20.3. The van der Waals surface area contributed by atoms with Crippen molar-refractivity contribution < 1.29 is 57.8 Å². The number of carbonyl (C=O) groups is 1. The van der Waals surface area contributed by atoms with Crippen LogP contribution >= 0.6 is 0 Å². The molecular weight excluding hydrogens is 489 g/mol. The predicted molar refractivity (Wildman–Crippen MR) is 129 cm³/mol. The molecular formula is C28H23F2N2NaO4. The number of ether oxygens (including phenoxy) is 1. The number of benzene rings is 3. The van der Waals surface area contributed by atoms with Crippen LogP contribution in [-0.4, -0.2) is 29.5 Å². The van der Waals surface area contributed by atoms with Crippen molar-refractivity contribution in [3.8, 4) is 11.5 Å². The summed E-state index contributed by atoms with van der Waals surface area (Å²) in [6.45, 7) is -0.769. The molecule has 0 radical (unpaired) electrons. The average molecular weight is 512 g/mol. The third-order valence-corrected chi connectivity index (χ3v) is 5.31. The van der Waals surface area contributed by atoms with E-state index < -0.39 is 12.6 Å². The van der Waals surface area contributed by atoms with E-state index in [0.29, 0.717) is 28.3 Å². The van der Waals surface area contributed by atoms with Crippen LogP contribution in [0.1, 0.15) is 27.0 Å². The van der Waals surface area contributed by atoms with Gasteiger partial charge in [-0.2, -0.15) is 0 Å². The molecule has 6 nitrogen and oxygen atoms in total. The van der Waals surface area contributed by atoms with Gasteiger partial charge in [0.1, 0.15) is 36.3 Å². The second-order valence-corrected chi connectivity index (χ2v) is 7.96. The van der Waals surface area contributed by atoms with Gasteiger partial charge in [-0.3, -0.25) is 0 Å². The van der Waals surface area contributed by atoms with Crippen molar-refractivity contribution in [3.63, 3.8) is 0 Å². The number of carboxylic acid groups (broad SMARTS) is 1. The van der Waals surface area contributed by atoms with Crippen molar-refractivity contribution in [1.29, 1.82) is 0 Å². The van der Waals surface area contributed by atoms with Gasteiger partial charge in [-0.05, 0) is 53.9 Å². The summed E-state index contributed by atoms with van der Waals surface area (Å²) in [5.74, 6) is -0.464. The zero-order chi connectivity index (χ0) is 25.3. The molecule has 9 heteroatoms. The number of nitrogens with zero attached hydrogens (tertiary/aromatic N) is 2. The van der Waals surface area contributed by atoms with E-state index in [1.165, 1.54) is 18.3 Å². The van der Waals surface area contributed by atoms with Crippen LogP contribution in [0.4, 0.5) is 8.78 Å². The molecule has 1 aromatic heterocycles. The van der Waals surface area contributed by atoms with Crippen LogP contribution in [0.2, 0.25) is 0 Å². The van der Waals surface area contributed by atoms with Crippen molar-refractivity contribution in [2.75, 3.05) is 13.3 Å². The maximum atomic E-state index is 13.3. The normalized spacial score (nSPS) is 11.0. The molecule has 4 rings (SSSR count). The van der Waals surface area contributed by atoms with Gasteiger partial charge in [0.15, 0.2) is 0 Å². The minimum absolute atomic E-state index is 0. The Labute approximate surface area is 235 Å². The summed E-state index contributed by atoms with van der Waals surface area (Å²) >= 11 is 0. The van der Waals surface area contributed by atoms with Crippen molar-refractivity contribution in [1.82, 2.24) is 4.57 Å². The van der Waals surface area contributed by atoms with Crippen LogP contribution < -0.4 is 39.4 Å². The Balaban J connectivity index is 0.00000380. The van der Waals surface area contributed by atoms with Gasteiger partial charge in [-0.1, -0.05) is 47.6 Å². The first-order valence-electron chi connectivity index (χ1n) is 11.2. The van der Waals surface area contributed by atoms with E-state index in [4.69, 9.17) is 9.57 Å². The summed E-state index contributed by atoms with van der Waals surface area (Å²) in [6, 6.07) is 22.3. The summed E-state index contributed by atoms with van der Waals surface area (Å²) in [5.41, 5.74) is 2.38. The van der Waals surface area contributed by atoms with Crippen LogP contribution in [0.5, 0.6) is 11.5 Å². The fourth-order valence-electron chi connectivity index (χ4n) is 3.66. The van der Waals surface area contributed by atoms with Crippen molar-refractivity contribution in [3.05, 3.63) is 119 Å². The van der Waals surface area contributed by atoms with Gasteiger partial charge in [0, 0.05) is 23.5 Å². The van der Waals surface area contributed by atoms with Crippen molar-refractivity contribution in [2.24, 2.45) is 5.16 Å². The third-order valence-electron chi connectivity index (χ3n) is 5.31. The topological polar surface area (TPSA) is 75.9 Å². The molecule has 0 aliphatic rings. The molecule has 0 bridgehead atoms. The van der Waals surface area contributed by atoms with E-state index in [1.807, 2.05) is 30.3 Å². The van der Waals surface area contributed by atoms with E-state index in [9.17, 15) is 18.7 Å². The predicted octanol–water partition coefficient (Wildman–Crippen LogP) is 1.77. The number of carbonyl (C=O) groups excluding carboxylic acids is 1. The fourth-order valence-corrected chi connectivity index (χ4v) is 3.66. The number of hydrogen-bond acceptors (Lipinski definition) is 5. The molecule has 0 spiro atoms. The number of para-hydroxylation sites is 1. The SMILES string of the molecule is O=C([O-])c1cn(C/C(=N\OCCF)c2cccc(Oc3ccccc3)c2)cc1Cc1ccc(F)cc1.[Na+]. The Kier molecular flexibility index (Phi) is 10.4. The first-order chi connectivity index (χ1) is 17.5. The Hall–Kier alpha value is -3.46. The van der Waals surface area contributed by atoms with Gasteiger partial charge < -0.3 is 24.0 Å². The number of hydrogen-bond donors (Lipinski definition) is 0. The number of halogens is 2. The molecule has 0 atom stereocenters. The second-order valence-electron chi connectivity index (χ2n) is 7.96. The van der Waals surface area contributed by atoms with Gasteiger partial charge >= 0.3 is 29.6 Å². The molecule has 0 N–H and O–H groups in total. The largest absolute Gasteiger partial charge is 1.00 e. The number of carboxylic acids is 1. The third kappa shape index (κ3) is 8.01. The molecule has 0 aliphatic carbocycles. The number of oxime groups is 1. The van der Waals surface area contributed by atoms with Crippen molar-refractivity contribution in [2.45, 2.75) is 13.0 Å². The van der Waals surface area contributed by atoms with Crippen LogP contribution in [0.15, 0.2) is 96.4 Å².